The molecule has 88 valence electrons. The monoisotopic (exact) mass is 249 g/mol. The van der Waals surface area contributed by atoms with Crippen molar-refractivity contribution in [2.75, 3.05) is 7.11 Å². The van der Waals surface area contributed by atoms with Crippen LogP contribution in [0.25, 0.3) is 0 Å². The maximum Gasteiger partial charge on any atom is 0.150 e. The van der Waals surface area contributed by atoms with Gasteiger partial charge >= 0.3 is 0 Å². The highest BCUT2D eigenvalue weighted by molar-refractivity contribution is 6.17. The van der Waals surface area contributed by atoms with Gasteiger partial charge in [0.2, 0.25) is 0 Å². The summed E-state index contributed by atoms with van der Waals surface area (Å²) in [4.78, 5) is 4.01. The minimum atomic E-state index is 0.397. The van der Waals surface area contributed by atoms with Crippen molar-refractivity contribution in [2.45, 2.75) is 5.88 Å². The Morgan fingerprint density at radius 2 is 1.82 bits per heavy atom. The highest BCUT2D eigenvalue weighted by Crippen LogP contribution is 2.26. The van der Waals surface area contributed by atoms with E-state index in [0.717, 1.165) is 17.1 Å². The van der Waals surface area contributed by atoms with Gasteiger partial charge in [0.15, 0.2) is 0 Å². The molecule has 0 saturated heterocycles. The average Bonchev–Trinajstić information content (AvgIpc) is 2.40. The van der Waals surface area contributed by atoms with Crippen molar-refractivity contribution in [1.29, 1.82) is 0 Å². The lowest BCUT2D eigenvalue weighted by atomic mass is 10.3. The predicted octanol–water partition coefficient (Wildman–Crippen LogP) is 3.62. The zero-order chi connectivity index (χ0) is 12.1. The molecule has 1 heterocycles. The van der Waals surface area contributed by atoms with Crippen LogP contribution in [0.15, 0.2) is 42.7 Å². The summed E-state index contributed by atoms with van der Waals surface area (Å²) < 4.78 is 10.8. The quantitative estimate of drug-likeness (QED) is 0.776. The third-order valence-corrected chi connectivity index (χ3v) is 2.59. The Hall–Kier alpha value is -1.74. The Kier molecular flexibility index (Phi) is 3.83. The lowest BCUT2D eigenvalue weighted by molar-refractivity contribution is 0.412. The molecule has 0 atom stereocenters. The average molecular weight is 250 g/mol. The number of hydrogen-bond donors (Lipinski definition) is 0. The SMILES string of the molecule is COc1ccc(Oc2cnccc2CCl)cc1. The number of aromatic nitrogens is 1. The van der Waals surface area contributed by atoms with Crippen molar-refractivity contribution in [3.8, 4) is 17.2 Å². The van der Waals surface area contributed by atoms with Gasteiger partial charge in [-0.2, -0.15) is 0 Å². The third kappa shape index (κ3) is 2.88. The molecule has 1 aromatic heterocycles. The summed E-state index contributed by atoms with van der Waals surface area (Å²) in [6.07, 6.45) is 3.35. The predicted molar refractivity (Wildman–Crippen MR) is 66.9 cm³/mol. The molecule has 2 rings (SSSR count). The van der Waals surface area contributed by atoms with Crippen LogP contribution in [0, 0.1) is 0 Å². The normalized spacial score (nSPS) is 10.0. The topological polar surface area (TPSA) is 31.4 Å². The first-order valence-corrected chi connectivity index (χ1v) is 5.67. The van der Waals surface area contributed by atoms with Gasteiger partial charge in [-0.25, -0.2) is 0 Å². The van der Waals surface area contributed by atoms with Crippen molar-refractivity contribution < 1.29 is 9.47 Å². The Morgan fingerprint density at radius 1 is 1.12 bits per heavy atom. The van der Waals surface area contributed by atoms with Crippen LogP contribution in [0.5, 0.6) is 17.2 Å². The van der Waals surface area contributed by atoms with E-state index in [1.807, 2.05) is 30.3 Å². The summed E-state index contributed by atoms with van der Waals surface area (Å²) in [5.41, 5.74) is 0.914. The molecule has 0 spiro atoms. The van der Waals surface area contributed by atoms with Crippen molar-refractivity contribution in [3.63, 3.8) is 0 Å². The number of alkyl halides is 1. The fraction of sp³-hybridized carbons (Fsp3) is 0.154. The fourth-order valence-electron chi connectivity index (χ4n) is 1.38. The van der Waals surface area contributed by atoms with E-state index < -0.39 is 0 Å². The Labute approximate surface area is 105 Å². The number of hydrogen-bond acceptors (Lipinski definition) is 3. The lowest BCUT2D eigenvalue weighted by Gasteiger charge is -2.09. The van der Waals surface area contributed by atoms with Gasteiger partial charge in [-0.1, -0.05) is 0 Å². The van der Waals surface area contributed by atoms with Crippen molar-refractivity contribution in [3.05, 3.63) is 48.3 Å². The standard InChI is InChI=1S/C13H12ClNO2/c1-16-11-2-4-12(5-3-11)17-13-9-15-7-6-10(13)8-14/h2-7,9H,8H2,1H3. The van der Waals surface area contributed by atoms with Crippen LogP contribution in [0.1, 0.15) is 5.56 Å². The second-order valence-electron chi connectivity index (χ2n) is 3.39. The van der Waals surface area contributed by atoms with Crippen LogP contribution in [0.4, 0.5) is 0 Å². The van der Waals surface area contributed by atoms with Gasteiger partial charge in [-0.3, -0.25) is 4.98 Å². The number of benzene rings is 1. The highest BCUT2D eigenvalue weighted by atomic mass is 35.5. The summed E-state index contributed by atoms with van der Waals surface area (Å²) >= 11 is 5.82. The molecule has 0 fully saturated rings. The third-order valence-electron chi connectivity index (χ3n) is 2.30. The molecule has 0 radical (unpaired) electrons. The van der Waals surface area contributed by atoms with E-state index in [0.29, 0.717) is 11.6 Å². The molecule has 4 heteroatoms. The molecule has 0 N–H and O–H groups in total. The summed E-state index contributed by atoms with van der Waals surface area (Å²) in [7, 11) is 1.63. The van der Waals surface area contributed by atoms with Gasteiger partial charge in [0, 0.05) is 11.8 Å². The van der Waals surface area contributed by atoms with E-state index >= 15 is 0 Å². The van der Waals surface area contributed by atoms with Crippen LogP contribution >= 0.6 is 11.6 Å². The van der Waals surface area contributed by atoms with Crippen LogP contribution in [0.2, 0.25) is 0 Å². The van der Waals surface area contributed by atoms with Gasteiger partial charge in [-0.05, 0) is 30.3 Å². The van der Waals surface area contributed by atoms with Gasteiger partial charge in [0.25, 0.3) is 0 Å². The van der Waals surface area contributed by atoms with Crippen molar-refractivity contribution in [2.24, 2.45) is 0 Å². The molecule has 17 heavy (non-hydrogen) atoms. The maximum atomic E-state index is 5.82. The molecule has 1 aromatic carbocycles. The molecule has 2 aromatic rings. The number of ether oxygens (including phenoxy) is 2. The molecular formula is C13H12ClNO2. The summed E-state index contributed by atoms with van der Waals surface area (Å²) in [5, 5.41) is 0. The smallest absolute Gasteiger partial charge is 0.150 e. The summed E-state index contributed by atoms with van der Waals surface area (Å²) in [6, 6.07) is 9.19. The molecule has 0 aliphatic heterocycles. The number of methoxy groups -OCH3 is 1. The zero-order valence-corrected chi connectivity index (χ0v) is 10.1. The first kappa shape index (κ1) is 11.7. The zero-order valence-electron chi connectivity index (χ0n) is 9.39. The molecule has 0 aliphatic rings. The van der Waals surface area contributed by atoms with Crippen LogP contribution < -0.4 is 9.47 Å². The minimum absolute atomic E-state index is 0.397. The first-order valence-electron chi connectivity index (χ1n) is 5.14. The number of nitrogens with zero attached hydrogens (tertiary/aromatic N) is 1. The largest absolute Gasteiger partial charge is 0.497 e. The van der Waals surface area contributed by atoms with E-state index in [1.165, 1.54) is 0 Å². The minimum Gasteiger partial charge on any atom is -0.497 e. The number of halogens is 1. The fourth-order valence-corrected chi connectivity index (χ4v) is 1.60. The van der Waals surface area contributed by atoms with E-state index in [2.05, 4.69) is 4.98 Å². The summed E-state index contributed by atoms with van der Waals surface area (Å²) in [6.45, 7) is 0. The second kappa shape index (κ2) is 5.55. The molecule has 0 bridgehead atoms. The van der Waals surface area contributed by atoms with Gasteiger partial charge in [-0.15, -0.1) is 11.6 Å². The van der Waals surface area contributed by atoms with E-state index in [9.17, 15) is 0 Å². The molecule has 0 amide bonds. The Bertz CT molecular complexity index is 485. The van der Waals surface area contributed by atoms with Crippen LogP contribution in [0.3, 0.4) is 0 Å². The number of rotatable bonds is 4. The van der Waals surface area contributed by atoms with Crippen LogP contribution in [-0.4, -0.2) is 12.1 Å². The number of pyridine rings is 1. The molecule has 0 aliphatic carbocycles. The second-order valence-corrected chi connectivity index (χ2v) is 3.66. The maximum absolute atomic E-state index is 5.82. The van der Waals surface area contributed by atoms with Crippen LogP contribution in [-0.2, 0) is 5.88 Å². The Balaban J connectivity index is 2.19. The van der Waals surface area contributed by atoms with Gasteiger partial charge < -0.3 is 9.47 Å². The lowest BCUT2D eigenvalue weighted by Crippen LogP contribution is -1.90. The van der Waals surface area contributed by atoms with Crippen molar-refractivity contribution >= 4 is 11.6 Å². The van der Waals surface area contributed by atoms with Crippen molar-refractivity contribution in [1.82, 2.24) is 4.98 Å². The van der Waals surface area contributed by atoms with E-state index in [-0.39, 0.29) is 0 Å². The molecule has 0 saturated carbocycles. The van der Waals surface area contributed by atoms with E-state index in [4.69, 9.17) is 21.1 Å². The molecular weight excluding hydrogens is 238 g/mol. The summed E-state index contributed by atoms with van der Waals surface area (Å²) in [5.74, 6) is 2.59. The highest BCUT2D eigenvalue weighted by Gasteiger charge is 2.03. The van der Waals surface area contributed by atoms with Gasteiger partial charge in [0.05, 0.1) is 19.2 Å². The molecule has 3 nitrogen and oxygen atoms in total. The Morgan fingerprint density at radius 3 is 2.47 bits per heavy atom. The molecule has 0 unspecified atom stereocenters. The van der Waals surface area contributed by atoms with Gasteiger partial charge in [0.1, 0.15) is 17.2 Å². The van der Waals surface area contributed by atoms with E-state index in [1.54, 1.807) is 19.5 Å². The first-order chi connectivity index (χ1) is 8.33.